The van der Waals surface area contributed by atoms with Crippen LogP contribution in [0.5, 0.6) is 0 Å². The van der Waals surface area contributed by atoms with Crippen molar-refractivity contribution in [3.8, 4) is 0 Å². The summed E-state index contributed by atoms with van der Waals surface area (Å²) < 4.78 is 0. The molecule has 0 unspecified atom stereocenters. The van der Waals surface area contributed by atoms with E-state index in [1.807, 2.05) is 20.8 Å². The predicted octanol–water partition coefficient (Wildman–Crippen LogP) is 3.52. The number of guanidine groups is 1. The highest BCUT2D eigenvalue weighted by Crippen LogP contribution is 2.25. The van der Waals surface area contributed by atoms with Gasteiger partial charge in [-0.15, -0.1) is 0 Å². The van der Waals surface area contributed by atoms with Crippen molar-refractivity contribution in [2.75, 3.05) is 5.32 Å². The Morgan fingerprint density at radius 3 is 2.44 bits per heavy atom. The van der Waals surface area contributed by atoms with Crippen LogP contribution in [0.15, 0.2) is 23.2 Å². The fourth-order valence-corrected chi connectivity index (χ4v) is 1.57. The molecule has 3 N–H and O–H groups in total. The number of benzene rings is 1. The third-order valence-corrected chi connectivity index (χ3v) is 2.20. The van der Waals surface area contributed by atoms with Crippen LogP contribution in [0, 0.1) is 0 Å². The molecule has 88 valence electrons. The number of aliphatic imine (C=N–C) groups is 1. The minimum absolute atomic E-state index is 0.226. The SMILES string of the molecule is CC(C)(C)N=C(N)Nc1ccc(Cl)cc1Cl. The highest BCUT2D eigenvalue weighted by molar-refractivity contribution is 6.36. The Bertz CT molecular complexity index is 408. The minimum atomic E-state index is -0.226. The van der Waals surface area contributed by atoms with Crippen LogP contribution in [0.4, 0.5) is 5.69 Å². The Balaban J connectivity index is 2.85. The lowest BCUT2D eigenvalue weighted by atomic mass is 10.1. The van der Waals surface area contributed by atoms with Crippen LogP contribution in [0.2, 0.25) is 10.0 Å². The molecule has 0 fully saturated rings. The van der Waals surface area contributed by atoms with Crippen LogP contribution in [0.3, 0.4) is 0 Å². The molecule has 0 spiro atoms. The van der Waals surface area contributed by atoms with Gasteiger partial charge in [0.15, 0.2) is 5.96 Å². The Morgan fingerprint density at radius 2 is 1.94 bits per heavy atom. The summed E-state index contributed by atoms with van der Waals surface area (Å²) in [5, 5.41) is 4.03. The smallest absolute Gasteiger partial charge is 0.193 e. The monoisotopic (exact) mass is 259 g/mol. The second-order valence-electron chi connectivity index (χ2n) is 4.42. The Kier molecular flexibility index (Phi) is 4.05. The van der Waals surface area contributed by atoms with Crippen LogP contribution in [0.25, 0.3) is 0 Å². The molecule has 0 saturated heterocycles. The Hall–Kier alpha value is -0.930. The molecule has 0 amide bonds. The third kappa shape index (κ3) is 4.29. The number of nitrogens with two attached hydrogens (primary N) is 1. The first-order chi connectivity index (χ1) is 7.28. The highest BCUT2D eigenvalue weighted by Gasteiger charge is 2.09. The number of hydrogen-bond donors (Lipinski definition) is 2. The Morgan fingerprint density at radius 1 is 1.31 bits per heavy atom. The summed E-state index contributed by atoms with van der Waals surface area (Å²) in [4.78, 5) is 4.26. The molecule has 3 nitrogen and oxygen atoms in total. The van der Waals surface area contributed by atoms with Crippen LogP contribution in [0.1, 0.15) is 20.8 Å². The molecule has 0 radical (unpaired) electrons. The van der Waals surface area contributed by atoms with E-state index in [0.29, 0.717) is 21.7 Å². The van der Waals surface area contributed by atoms with Crippen molar-refractivity contribution in [3.05, 3.63) is 28.2 Å². The maximum absolute atomic E-state index is 5.99. The first-order valence-electron chi connectivity index (χ1n) is 4.85. The van der Waals surface area contributed by atoms with E-state index in [9.17, 15) is 0 Å². The van der Waals surface area contributed by atoms with Gasteiger partial charge in [0.25, 0.3) is 0 Å². The zero-order chi connectivity index (χ0) is 12.3. The molecule has 0 heterocycles. The van der Waals surface area contributed by atoms with E-state index in [2.05, 4.69) is 10.3 Å². The fourth-order valence-electron chi connectivity index (χ4n) is 1.12. The van der Waals surface area contributed by atoms with Gasteiger partial charge in [0.05, 0.1) is 16.2 Å². The average Bonchev–Trinajstić information content (AvgIpc) is 2.06. The van der Waals surface area contributed by atoms with Crippen molar-refractivity contribution < 1.29 is 0 Å². The Labute approximate surface area is 106 Å². The quantitative estimate of drug-likeness (QED) is 0.599. The molecule has 5 heteroatoms. The zero-order valence-electron chi connectivity index (χ0n) is 9.51. The maximum Gasteiger partial charge on any atom is 0.193 e. The molecular weight excluding hydrogens is 245 g/mol. The zero-order valence-corrected chi connectivity index (χ0v) is 11.0. The maximum atomic E-state index is 5.99. The van der Waals surface area contributed by atoms with Gasteiger partial charge >= 0.3 is 0 Å². The summed E-state index contributed by atoms with van der Waals surface area (Å²) in [6.45, 7) is 5.89. The molecule has 0 aromatic heterocycles. The van der Waals surface area contributed by atoms with E-state index < -0.39 is 0 Å². The fraction of sp³-hybridized carbons (Fsp3) is 0.364. The standard InChI is InChI=1S/C11H15Cl2N3/c1-11(2,3)16-10(14)15-9-5-4-7(12)6-8(9)13/h4-6H,1-3H3,(H3,14,15,16). The lowest BCUT2D eigenvalue weighted by molar-refractivity contribution is 0.583. The predicted molar refractivity (Wildman–Crippen MR) is 71.5 cm³/mol. The average molecular weight is 260 g/mol. The van der Waals surface area contributed by atoms with Crippen LogP contribution >= 0.6 is 23.2 Å². The van der Waals surface area contributed by atoms with E-state index in [4.69, 9.17) is 28.9 Å². The van der Waals surface area contributed by atoms with E-state index in [0.717, 1.165) is 0 Å². The molecule has 0 aliphatic heterocycles. The van der Waals surface area contributed by atoms with Crippen molar-refractivity contribution in [1.82, 2.24) is 0 Å². The molecule has 0 atom stereocenters. The number of nitrogens with zero attached hydrogens (tertiary/aromatic N) is 1. The lowest BCUT2D eigenvalue weighted by Crippen LogP contribution is -2.27. The summed E-state index contributed by atoms with van der Waals surface area (Å²) in [7, 11) is 0. The van der Waals surface area contributed by atoms with E-state index in [1.54, 1.807) is 18.2 Å². The third-order valence-electron chi connectivity index (χ3n) is 1.65. The summed E-state index contributed by atoms with van der Waals surface area (Å²) in [5.41, 5.74) is 6.21. The van der Waals surface area contributed by atoms with Crippen molar-refractivity contribution in [1.29, 1.82) is 0 Å². The molecule has 1 aromatic rings. The summed E-state index contributed by atoms with van der Waals surface area (Å²) in [6, 6.07) is 5.14. The topological polar surface area (TPSA) is 50.4 Å². The number of rotatable bonds is 1. The van der Waals surface area contributed by atoms with Gasteiger partial charge in [-0.1, -0.05) is 23.2 Å². The lowest BCUT2D eigenvalue weighted by Gasteiger charge is -2.15. The van der Waals surface area contributed by atoms with Gasteiger partial charge in [-0.25, -0.2) is 4.99 Å². The number of anilines is 1. The second-order valence-corrected chi connectivity index (χ2v) is 5.26. The van der Waals surface area contributed by atoms with Gasteiger partial charge in [-0.05, 0) is 39.0 Å². The largest absolute Gasteiger partial charge is 0.370 e. The normalized spacial score (nSPS) is 12.7. The second kappa shape index (κ2) is 4.93. The van der Waals surface area contributed by atoms with Crippen LogP contribution < -0.4 is 11.1 Å². The number of hydrogen-bond acceptors (Lipinski definition) is 1. The van der Waals surface area contributed by atoms with Gasteiger partial charge < -0.3 is 11.1 Å². The van der Waals surface area contributed by atoms with Crippen molar-refractivity contribution in [2.45, 2.75) is 26.3 Å². The van der Waals surface area contributed by atoms with Crippen LogP contribution in [-0.2, 0) is 0 Å². The minimum Gasteiger partial charge on any atom is -0.370 e. The molecule has 1 rings (SSSR count). The van der Waals surface area contributed by atoms with Gasteiger partial charge in [-0.2, -0.15) is 0 Å². The van der Waals surface area contributed by atoms with E-state index in [1.165, 1.54) is 0 Å². The van der Waals surface area contributed by atoms with Gasteiger partial charge in [0, 0.05) is 5.02 Å². The molecule has 16 heavy (non-hydrogen) atoms. The molecule has 0 aliphatic carbocycles. The van der Waals surface area contributed by atoms with E-state index in [-0.39, 0.29) is 5.54 Å². The molecular formula is C11H15Cl2N3. The van der Waals surface area contributed by atoms with Gasteiger partial charge in [0.1, 0.15) is 0 Å². The van der Waals surface area contributed by atoms with Gasteiger partial charge in [0.2, 0.25) is 0 Å². The van der Waals surface area contributed by atoms with Crippen molar-refractivity contribution in [3.63, 3.8) is 0 Å². The first kappa shape index (κ1) is 13.1. The van der Waals surface area contributed by atoms with Crippen molar-refractivity contribution >= 4 is 34.8 Å². The van der Waals surface area contributed by atoms with Crippen LogP contribution in [-0.4, -0.2) is 11.5 Å². The summed E-state index contributed by atoms with van der Waals surface area (Å²) >= 11 is 11.8. The molecule has 1 aromatic carbocycles. The molecule has 0 saturated carbocycles. The number of nitrogens with one attached hydrogen (secondary N) is 1. The van der Waals surface area contributed by atoms with Gasteiger partial charge in [-0.3, -0.25) is 0 Å². The number of halogens is 2. The molecule has 0 bridgehead atoms. The summed E-state index contributed by atoms with van der Waals surface area (Å²) in [5.74, 6) is 0.330. The molecule has 0 aliphatic rings. The highest BCUT2D eigenvalue weighted by atomic mass is 35.5. The van der Waals surface area contributed by atoms with Crippen molar-refractivity contribution in [2.24, 2.45) is 10.7 Å². The van der Waals surface area contributed by atoms with E-state index >= 15 is 0 Å². The first-order valence-corrected chi connectivity index (χ1v) is 5.61. The summed E-state index contributed by atoms with van der Waals surface area (Å²) in [6.07, 6.45) is 0.